The van der Waals surface area contributed by atoms with Gasteiger partial charge in [-0.05, 0) is 35.9 Å². The zero-order chi connectivity index (χ0) is 16.4. The molecule has 1 heterocycles. The van der Waals surface area contributed by atoms with Crippen molar-refractivity contribution in [3.63, 3.8) is 0 Å². The highest BCUT2D eigenvalue weighted by Gasteiger charge is 2.14. The van der Waals surface area contributed by atoms with E-state index in [0.717, 1.165) is 17.7 Å². The van der Waals surface area contributed by atoms with Gasteiger partial charge in [0, 0.05) is 19.8 Å². The van der Waals surface area contributed by atoms with E-state index < -0.39 is 11.6 Å². The number of aromatic nitrogens is 1. The van der Waals surface area contributed by atoms with E-state index in [1.807, 2.05) is 17.0 Å². The van der Waals surface area contributed by atoms with Gasteiger partial charge in [-0.2, -0.15) is 5.26 Å². The molecule has 3 rings (SSSR count). The third-order valence-corrected chi connectivity index (χ3v) is 3.68. The molecule has 114 valence electrons. The van der Waals surface area contributed by atoms with Crippen molar-refractivity contribution in [1.82, 2.24) is 4.98 Å². The van der Waals surface area contributed by atoms with Crippen LogP contribution in [0.4, 0.5) is 14.5 Å². The molecule has 1 aromatic heterocycles. The molecule has 0 aliphatic carbocycles. The Morgan fingerprint density at radius 3 is 2.43 bits per heavy atom. The number of pyridine rings is 1. The third kappa shape index (κ3) is 2.84. The first-order chi connectivity index (χ1) is 11.1. The lowest BCUT2D eigenvalue weighted by atomic mass is 10.1. The summed E-state index contributed by atoms with van der Waals surface area (Å²) < 4.78 is 28.0. The first-order valence-electron chi connectivity index (χ1n) is 7.03. The smallest absolute Gasteiger partial charge is 0.149 e. The molecule has 0 atom stereocenters. The Labute approximate surface area is 132 Å². The van der Waals surface area contributed by atoms with Gasteiger partial charge in [0.1, 0.15) is 17.2 Å². The molecule has 0 aliphatic rings. The number of rotatable bonds is 3. The average Bonchev–Trinajstić information content (AvgIpc) is 2.58. The van der Waals surface area contributed by atoms with Crippen molar-refractivity contribution in [2.45, 2.75) is 6.54 Å². The quantitative estimate of drug-likeness (QED) is 0.733. The van der Waals surface area contributed by atoms with Gasteiger partial charge in [-0.15, -0.1) is 0 Å². The molecule has 0 spiro atoms. The molecule has 2 aromatic carbocycles. The van der Waals surface area contributed by atoms with E-state index in [0.29, 0.717) is 17.8 Å². The number of hydrogen-bond donors (Lipinski definition) is 0. The Bertz CT molecular complexity index is 899. The summed E-state index contributed by atoms with van der Waals surface area (Å²) in [7, 11) is 1.80. The molecule has 0 amide bonds. The summed E-state index contributed by atoms with van der Waals surface area (Å²) in [6, 6.07) is 13.1. The second-order valence-corrected chi connectivity index (χ2v) is 5.25. The SMILES string of the molecule is CN(Cc1ccc(C#N)cc1)c1ccnc2c(F)ccc(F)c12. The van der Waals surface area contributed by atoms with Gasteiger partial charge in [-0.1, -0.05) is 12.1 Å². The predicted octanol–water partition coefficient (Wildman–Crippen LogP) is 4.02. The predicted molar refractivity (Wildman–Crippen MR) is 84.9 cm³/mol. The van der Waals surface area contributed by atoms with Gasteiger partial charge in [0.25, 0.3) is 0 Å². The minimum atomic E-state index is -0.546. The van der Waals surface area contributed by atoms with Crippen LogP contribution in [0.3, 0.4) is 0 Å². The minimum Gasteiger partial charge on any atom is -0.370 e. The van der Waals surface area contributed by atoms with Gasteiger partial charge in [0.05, 0.1) is 22.7 Å². The Balaban J connectivity index is 1.99. The molecule has 0 saturated carbocycles. The number of fused-ring (bicyclic) bond motifs is 1. The maximum Gasteiger partial charge on any atom is 0.149 e. The molecule has 0 bridgehead atoms. The molecule has 0 aliphatic heterocycles. The summed E-state index contributed by atoms with van der Waals surface area (Å²) in [5.41, 5.74) is 2.14. The van der Waals surface area contributed by atoms with Gasteiger partial charge in [0.2, 0.25) is 0 Å². The average molecular weight is 309 g/mol. The lowest BCUT2D eigenvalue weighted by Crippen LogP contribution is -2.17. The van der Waals surface area contributed by atoms with Gasteiger partial charge < -0.3 is 4.90 Å². The van der Waals surface area contributed by atoms with Gasteiger partial charge in [-0.25, -0.2) is 8.78 Å². The highest BCUT2D eigenvalue weighted by atomic mass is 19.1. The standard InChI is InChI=1S/C18H13F2N3/c1-23(11-13-4-2-12(10-21)3-5-13)16-8-9-22-18-15(20)7-6-14(19)17(16)18/h2-9H,11H2,1H3. The summed E-state index contributed by atoms with van der Waals surface area (Å²) in [4.78, 5) is 5.76. The maximum absolute atomic E-state index is 14.2. The zero-order valence-corrected chi connectivity index (χ0v) is 12.4. The van der Waals surface area contributed by atoms with Crippen LogP contribution in [-0.4, -0.2) is 12.0 Å². The van der Waals surface area contributed by atoms with Crippen molar-refractivity contribution in [3.05, 3.63) is 71.4 Å². The van der Waals surface area contributed by atoms with E-state index >= 15 is 0 Å². The van der Waals surface area contributed by atoms with Gasteiger partial charge in [-0.3, -0.25) is 4.98 Å². The van der Waals surface area contributed by atoms with Crippen LogP contribution < -0.4 is 4.90 Å². The molecule has 0 unspecified atom stereocenters. The molecule has 5 heteroatoms. The Hall–Kier alpha value is -3.00. The van der Waals surface area contributed by atoms with Gasteiger partial charge in [0.15, 0.2) is 0 Å². The number of benzene rings is 2. The molecular formula is C18H13F2N3. The first-order valence-corrected chi connectivity index (χ1v) is 7.03. The topological polar surface area (TPSA) is 39.9 Å². The summed E-state index contributed by atoms with van der Waals surface area (Å²) in [5.74, 6) is -1.05. The van der Waals surface area contributed by atoms with E-state index in [1.54, 1.807) is 25.2 Å². The zero-order valence-electron chi connectivity index (χ0n) is 12.4. The first kappa shape index (κ1) is 14.9. The second kappa shape index (κ2) is 6.01. The van der Waals surface area contributed by atoms with E-state index in [-0.39, 0.29) is 10.9 Å². The van der Waals surface area contributed by atoms with Crippen LogP contribution in [0.5, 0.6) is 0 Å². The van der Waals surface area contributed by atoms with Gasteiger partial charge >= 0.3 is 0 Å². The fourth-order valence-corrected chi connectivity index (χ4v) is 2.54. The maximum atomic E-state index is 14.2. The fourth-order valence-electron chi connectivity index (χ4n) is 2.54. The largest absolute Gasteiger partial charge is 0.370 e. The van der Waals surface area contributed by atoms with Crippen LogP contribution in [0.15, 0.2) is 48.7 Å². The van der Waals surface area contributed by atoms with Crippen molar-refractivity contribution >= 4 is 16.6 Å². The van der Waals surface area contributed by atoms with Crippen LogP contribution in [0.2, 0.25) is 0 Å². The second-order valence-electron chi connectivity index (χ2n) is 5.25. The number of anilines is 1. The number of nitriles is 1. The Kier molecular flexibility index (Phi) is 3.90. The van der Waals surface area contributed by atoms with Crippen molar-refractivity contribution in [2.75, 3.05) is 11.9 Å². The van der Waals surface area contributed by atoms with Crippen LogP contribution in [0.25, 0.3) is 10.9 Å². The highest BCUT2D eigenvalue weighted by molar-refractivity contribution is 5.92. The van der Waals surface area contributed by atoms with E-state index in [1.165, 1.54) is 6.20 Å². The summed E-state index contributed by atoms with van der Waals surface area (Å²) in [6.07, 6.45) is 1.47. The molecule has 23 heavy (non-hydrogen) atoms. The Morgan fingerprint density at radius 2 is 1.74 bits per heavy atom. The van der Waals surface area contributed by atoms with Crippen molar-refractivity contribution < 1.29 is 8.78 Å². The van der Waals surface area contributed by atoms with Crippen LogP contribution >= 0.6 is 0 Å². The van der Waals surface area contributed by atoms with Crippen LogP contribution in [0, 0.1) is 23.0 Å². The number of hydrogen-bond acceptors (Lipinski definition) is 3. The normalized spacial score (nSPS) is 10.5. The van der Waals surface area contributed by atoms with Crippen LogP contribution in [0.1, 0.15) is 11.1 Å². The molecular weight excluding hydrogens is 296 g/mol. The summed E-state index contributed by atoms with van der Waals surface area (Å²) in [5, 5.41) is 8.99. The molecule has 3 nitrogen and oxygen atoms in total. The Morgan fingerprint density at radius 1 is 1.04 bits per heavy atom. The molecule has 0 N–H and O–H groups in total. The molecule has 0 fully saturated rings. The lowest BCUT2D eigenvalue weighted by molar-refractivity contribution is 0.615. The van der Waals surface area contributed by atoms with Crippen molar-refractivity contribution in [3.8, 4) is 6.07 Å². The molecule has 0 saturated heterocycles. The van der Waals surface area contributed by atoms with Crippen molar-refractivity contribution in [1.29, 1.82) is 5.26 Å². The third-order valence-electron chi connectivity index (χ3n) is 3.68. The highest BCUT2D eigenvalue weighted by Crippen LogP contribution is 2.29. The summed E-state index contributed by atoms with van der Waals surface area (Å²) in [6.45, 7) is 0.501. The number of nitrogens with zero attached hydrogens (tertiary/aromatic N) is 3. The molecule has 3 aromatic rings. The van der Waals surface area contributed by atoms with Crippen molar-refractivity contribution in [2.24, 2.45) is 0 Å². The minimum absolute atomic E-state index is 0.0224. The van der Waals surface area contributed by atoms with E-state index in [9.17, 15) is 8.78 Å². The van der Waals surface area contributed by atoms with E-state index in [4.69, 9.17) is 5.26 Å². The summed E-state index contributed by atoms with van der Waals surface area (Å²) >= 11 is 0. The van der Waals surface area contributed by atoms with E-state index in [2.05, 4.69) is 11.1 Å². The van der Waals surface area contributed by atoms with Crippen LogP contribution in [-0.2, 0) is 6.54 Å². The lowest BCUT2D eigenvalue weighted by Gasteiger charge is -2.21. The monoisotopic (exact) mass is 309 g/mol. The number of halogens is 2. The fraction of sp³-hybridized carbons (Fsp3) is 0.111. The molecule has 0 radical (unpaired) electrons.